The van der Waals surface area contributed by atoms with Crippen LogP contribution in [0.3, 0.4) is 0 Å². The third-order valence-electron chi connectivity index (χ3n) is 7.55. The molecule has 5 heterocycles. The van der Waals surface area contributed by atoms with Crippen LogP contribution in [0.4, 0.5) is 0 Å². The van der Waals surface area contributed by atoms with Gasteiger partial charge in [-0.25, -0.2) is 15.0 Å². The van der Waals surface area contributed by atoms with Gasteiger partial charge in [0.2, 0.25) is 0 Å². The third kappa shape index (κ3) is 3.50. The number of H-pyrrole nitrogens is 1. The van der Waals surface area contributed by atoms with Crippen molar-refractivity contribution in [3.8, 4) is 11.4 Å². The van der Waals surface area contributed by atoms with Gasteiger partial charge >= 0.3 is 0 Å². The van der Waals surface area contributed by atoms with E-state index in [0.717, 1.165) is 58.4 Å². The fraction of sp³-hybridized carbons (Fsp3) is 0.462. The molecular formula is C26H31N7. The Kier molecular flexibility index (Phi) is 4.74. The number of piperidine rings is 1. The number of fused-ring (bicyclic) bond motifs is 2. The number of nitrogens with one attached hydrogen (secondary N) is 2. The number of nitrogens with two attached hydrogens (primary N) is 1. The van der Waals surface area contributed by atoms with Crippen LogP contribution >= 0.6 is 0 Å². The summed E-state index contributed by atoms with van der Waals surface area (Å²) in [6, 6.07) is 3.94. The van der Waals surface area contributed by atoms with Crippen LogP contribution in [0.2, 0.25) is 0 Å². The highest BCUT2D eigenvalue weighted by molar-refractivity contribution is 5.93. The summed E-state index contributed by atoms with van der Waals surface area (Å²) in [5.41, 5.74) is 13.2. The van der Waals surface area contributed by atoms with Crippen LogP contribution in [-0.4, -0.2) is 38.0 Å². The van der Waals surface area contributed by atoms with Crippen molar-refractivity contribution in [2.24, 2.45) is 17.1 Å². The minimum Gasteiger partial charge on any atom is -0.344 e. The fourth-order valence-electron chi connectivity index (χ4n) is 5.60. The van der Waals surface area contributed by atoms with Gasteiger partial charge in [0.05, 0.1) is 23.4 Å². The van der Waals surface area contributed by atoms with Crippen molar-refractivity contribution < 1.29 is 0 Å². The number of aromatic amines is 1. The van der Waals surface area contributed by atoms with Crippen molar-refractivity contribution >= 4 is 21.9 Å². The van der Waals surface area contributed by atoms with E-state index in [-0.39, 0.29) is 11.5 Å². The van der Waals surface area contributed by atoms with Gasteiger partial charge in [-0.3, -0.25) is 4.98 Å². The number of hydrogen-bond donors (Lipinski definition) is 3. The molecule has 2 atom stereocenters. The minimum atomic E-state index is -0.170. The SMILES string of the molecule is Cc1cc2c(-c3nc(C(N)[C@H]4CCNCC4(C)C)c4c(C5CC5)cncc4n3)ccnc2[nH]1. The first kappa shape index (κ1) is 20.7. The maximum atomic E-state index is 7.11. The van der Waals surface area contributed by atoms with E-state index in [2.05, 4.69) is 40.2 Å². The van der Waals surface area contributed by atoms with Crippen molar-refractivity contribution in [2.75, 3.05) is 13.1 Å². The highest BCUT2D eigenvalue weighted by Gasteiger charge is 2.39. The smallest absolute Gasteiger partial charge is 0.160 e. The molecule has 0 spiro atoms. The molecule has 4 N–H and O–H groups in total. The van der Waals surface area contributed by atoms with Crippen LogP contribution in [0, 0.1) is 18.3 Å². The zero-order valence-electron chi connectivity index (χ0n) is 19.5. The lowest BCUT2D eigenvalue weighted by Crippen LogP contribution is -2.47. The first-order chi connectivity index (χ1) is 15.9. The average molecular weight is 442 g/mol. The Morgan fingerprint density at radius 1 is 1.15 bits per heavy atom. The average Bonchev–Trinajstić information content (AvgIpc) is 3.57. The quantitative estimate of drug-likeness (QED) is 0.434. The van der Waals surface area contributed by atoms with E-state index in [4.69, 9.17) is 15.7 Å². The molecule has 1 aliphatic heterocycles. The van der Waals surface area contributed by atoms with E-state index in [1.807, 2.05) is 31.6 Å². The molecule has 170 valence electrons. The summed E-state index contributed by atoms with van der Waals surface area (Å²) < 4.78 is 0. The normalized spacial score (nSPS) is 21.5. The molecule has 7 heteroatoms. The van der Waals surface area contributed by atoms with E-state index in [9.17, 15) is 0 Å². The number of pyridine rings is 2. The molecule has 0 aromatic carbocycles. The van der Waals surface area contributed by atoms with Gasteiger partial charge in [0.1, 0.15) is 5.65 Å². The molecule has 4 aromatic heterocycles. The number of aromatic nitrogens is 5. The summed E-state index contributed by atoms with van der Waals surface area (Å²) >= 11 is 0. The lowest BCUT2D eigenvalue weighted by atomic mass is 9.70. The largest absolute Gasteiger partial charge is 0.344 e. The van der Waals surface area contributed by atoms with Gasteiger partial charge in [0.25, 0.3) is 0 Å². The molecule has 4 aromatic rings. The molecule has 7 nitrogen and oxygen atoms in total. The zero-order valence-corrected chi connectivity index (χ0v) is 19.5. The van der Waals surface area contributed by atoms with E-state index in [1.165, 1.54) is 18.4 Å². The van der Waals surface area contributed by atoms with Gasteiger partial charge in [-0.15, -0.1) is 0 Å². The lowest BCUT2D eigenvalue weighted by Gasteiger charge is -2.42. The standard InChI is InChI=1S/C26H31N7/c1-14-10-17-16(6-9-30-24(17)31-14)25-32-20-12-29-11-18(15-4-5-15)21(20)23(33-25)22(27)19-7-8-28-13-26(19,2)3/h6,9-12,15,19,22,28H,4-5,7-8,13,27H2,1-3H3,(H,30,31)/t19-,22?/m1/s1. The van der Waals surface area contributed by atoms with Crippen LogP contribution in [-0.2, 0) is 0 Å². The van der Waals surface area contributed by atoms with Gasteiger partial charge in [-0.1, -0.05) is 13.8 Å². The number of hydrogen-bond acceptors (Lipinski definition) is 6. The monoisotopic (exact) mass is 441 g/mol. The van der Waals surface area contributed by atoms with Gasteiger partial charge < -0.3 is 16.0 Å². The third-order valence-corrected chi connectivity index (χ3v) is 7.55. The molecule has 33 heavy (non-hydrogen) atoms. The Bertz CT molecular complexity index is 1350. The molecule has 6 rings (SSSR count). The summed E-state index contributed by atoms with van der Waals surface area (Å²) in [7, 11) is 0. The Labute approximate surface area is 193 Å². The first-order valence-corrected chi connectivity index (χ1v) is 12.0. The summed E-state index contributed by atoms with van der Waals surface area (Å²) in [5, 5.41) is 5.69. The van der Waals surface area contributed by atoms with Crippen molar-refractivity contribution in [1.82, 2.24) is 30.2 Å². The Balaban J connectivity index is 1.59. The Hall–Kier alpha value is -2.90. The predicted molar refractivity (Wildman–Crippen MR) is 131 cm³/mol. The zero-order chi connectivity index (χ0) is 22.7. The number of rotatable bonds is 4. The van der Waals surface area contributed by atoms with Crippen molar-refractivity contribution in [1.29, 1.82) is 0 Å². The maximum absolute atomic E-state index is 7.11. The van der Waals surface area contributed by atoms with Gasteiger partial charge in [0, 0.05) is 41.0 Å². The molecule has 1 aliphatic carbocycles. The molecule has 1 unspecified atom stereocenters. The summed E-state index contributed by atoms with van der Waals surface area (Å²) in [6.07, 6.45) is 9.13. The lowest BCUT2D eigenvalue weighted by molar-refractivity contribution is 0.128. The molecule has 2 fully saturated rings. The molecule has 0 bridgehead atoms. The molecule has 1 saturated carbocycles. The maximum Gasteiger partial charge on any atom is 0.160 e. The van der Waals surface area contributed by atoms with Crippen LogP contribution in [0.15, 0.2) is 30.7 Å². The molecule has 1 saturated heterocycles. The van der Waals surface area contributed by atoms with Gasteiger partial charge in [-0.05, 0) is 67.7 Å². The molecule has 2 aliphatic rings. The number of nitrogens with zero attached hydrogens (tertiary/aromatic N) is 4. The summed E-state index contributed by atoms with van der Waals surface area (Å²) in [6.45, 7) is 8.62. The van der Waals surface area contributed by atoms with E-state index in [0.29, 0.717) is 17.7 Å². The van der Waals surface area contributed by atoms with E-state index < -0.39 is 0 Å². The molecule has 0 amide bonds. The van der Waals surface area contributed by atoms with Crippen LogP contribution in [0.5, 0.6) is 0 Å². The van der Waals surface area contributed by atoms with Crippen LogP contribution in [0.25, 0.3) is 33.3 Å². The topological polar surface area (TPSA) is 105 Å². The van der Waals surface area contributed by atoms with Gasteiger partial charge in [-0.2, -0.15) is 0 Å². The van der Waals surface area contributed by atoms with Crippen molar-refractivity contribution in [2.45, 2.75) is 52.0 Å². The molecular weight excluding hydrogens is 410 g/mol. The summed E-state index contributed by atoms with van der Waals surface area (Å²) in [5.74, 6) is 1.57. The second-order valence-corrected chi connectivity index (χ2v) is 10.5. The minimum absolute atomic E-state index is 0.0869. The highest BCUT2D eigenvalue weighted by Crippen LogP contribution is 2.46. The van der Waals surface area contributed by atoms with Crippen molar-refractivity contribution in [3.63, 3.8) is 0 Å². The Morgan fingerprint density at radius 3 is 2.79 bits per heavy atom. The van der Waals surface area contributed by atoms with Crippen LogP contribution < -0.4 is 11.1 Å². The van der Waals surface area contributed by atoms with E-state index in [1.54, 1.807) is 0 Å². The first-order valence-electron chi connectivity index (χ1n) is 12.0. The Morgan fingerprint density at radius 2 is 2.00 bits per heavy atom. The van der Waals surface area contributed by atoms with Gasteiger partial charge in [0.15, 0.2) is 5.82 Å². The van der Waals surface area contributed by atoms with E-state index >= 15 is 0 Å². The second-order valence-electron chi connectivity index (χ2n) is 10.5. The predicted octanol–water partition coefficient (Wildman–Crippen LogP) is 4.39. The van der Waals surface area contributed by atoms with Crippen molar-refractivity contribution in [3.05, 3.63) is 47.7 Å². The fourth-order valence-corrected chi connectivity index (χ4v) is 5.60. The van der Waals surface area contributed by atoms with Crippen LogP contribution in [0.1, 0.15) is 62.0 Å². The second kappa shape index (κ2) is 7.57. The highest BCUT2D eigenvalue weighted by atomic mass is 15.0. The molecule has 0 radical (unpaired) electrons. The summed E-state index contributed by atoms with van der Waals surface area (Å²) in [4.78, 5) is 22.6. The number of aryl methyl sites for hydroxylation is 1.